The fourth-order valence-corrected chi connectivity index (χ4v) is 4.46. The number of benzene rings is 2. The summed E-state index contributed by atoms with van der Waals surface area (Å²) in [6.07, 6.45) is 2.79. The number of nitrogens with zero attached hydrogens (tertiary/aromatic N) is 1. The van der Waals surface area contributed by atoms with Gasteiger partial charge < -0.3 is 29.2 Å². The Morgan fingerprint density at radius 2 is 2.00 bits per heavy atom. The zero-order chi connectivity index (χ0) is 23.7. The molecule has 1 aliphatic carbocycles. The van der Waals surface area contributed by atoms with Crippen molar-refractivity contribution in [2.75, 3.05) is 31.1 Å². The first-order valence-electron chi connectivity index (χ1n) is 11.8. The number of ether oxygens (including phenoxy) is 4. The largest absolute Gasteiger partial charge is 0.491 e. The molecule has 2 fully saturated rings. The van der Waals surface area contributed by atoms with Crippen molar-refractivity contribution < 1.29 is 23.7 Å². The molecule has 5 rings (SSSR count). The molecular formula is C26H31N3O5. The van der Waals surface area contributed by atoms with Crippen LogP contribution in [0.15, 0.2) is 42.5 Å². The fourth-order valence-electron chi connectivity index (χ4n) is 4.46. The van der Waals surface area contributed by atoms with Gasteiger partial charge >= 0.3 is 6.09 Å². The van der Waals surface area contributed by atoms with E-state index in [0.717, 1.165) is 46.4 Å². The van der Waals surface area contributed by atoms with Crippen LogP contribution < -0.4 is 15.8 Å². The predicted molar refractivity (Wildman–Crippen MR) is 131 cm³/mol. The Kier molecular flexibility index (Phi) is 6.34. The third-order valence-corrected chi connectivity index (χ3v) is 6.33. The second kappa shape index (κ2) is 9.56. The highest BCUT2D eigenvalue weighted by atomic mass is 16.7. The number of anilines is 2. The number of amides is 1. The van der Waals surface area contributed by atoms with Gasteiger partial charge in [-0.1, -0.05) is 12.1 Å². The van der Waals surface area contributed by atoms with Crippen LogP contribution in [0.3, 0.4) is 0 Å². The van der Waals surface area contributed by atoms with Crippen molar-refractivity contribution in [2.24, 2.45) is 0 Å². The van der Waals surface area contributed by atoms with Gasteiger partial charge in [0.15, 0.2) is 0 Å². The summed E-state index contributed by atoms with van der Waals surface area (Å²) in [7, 11) is 0. The molecule has 1 aliphatic heterocycles. The molecule has 0 spiro atoms. The molecule has 1 aromatic heterocycles. The first kappa shape index (κ1) is 22.6. The van der Waals surface area contributed by atoms with Crippen LogP contribution in [-0.2, 0) is 14.2 Å². The number of fused-ring (bicyclic) bond motifs is 1. The molecule has 8 nitrogen and oxygen atoms in total. The van der Waals surface area contributed by atoms with Gasteiger partial charge in [0.1, 0.15) is 25.3 Å². The number of hydrogen-bond donors (Lipinski definition) is 2. The Hall–Kier alpha value is -3.23. The molecule has 1 saturated carbocycles. The molecule has 1 saturated heterocycles. The number of carbonyl (C=O) groups excluding carboxylic acids is 1. The second-order valence-corrected chi connectivity index (χ2v) is 9.14. The summed E-state index contributed by atoms with van der Waals surface area (Å²) in [5, 5.41) is 3.74. The minimum Gasteiger partial charge on any atom is -0.491 e. The molecule has 1 unspecified atom stereocenters. The lowest BCUT2D eigenvalue weighted by Crippen LogP contribution is -2.19. The van der Waals surface area contributed by atoms with E-state index >= 15 is 0 Å². The van der Waals surface area contributed by atoms with Crippen molar-refractivity contribution in [3.05, 3.63) is 42.5 Å². The molecule has 1 atom stereocenters. The van der Waals surface area contributed by atoms with Gasteiger partial charge in [0.25, 0.3) is 0 Å². The number of rotatable bonds is 7. The normalized spacial score (nSPS) is 18.3. The lowest BCUT2D eigenvalue weighted by atomic mass is 9.92. The second-order valence-electron chi connectivity index (χ2n) is 9.14. The summed E-state index contributed by atoms with van der Waals surface area (Å²) < 4.78 is 24.2. The Morgan fingerprint density at radius 3 is 2.65 bits per heavy atom. The van der Waals surface area contributed by atoms with Crippen molar-refractivity contribution in [1.82, 2.24) is 4.57 Å². The molecule has 2 aromatic carbocycles. The quantitative estimate of drug-likeness (QED) is 0.490. The summed E-state index contributed by atoms with van der Waals surface area (Å²) in [4.78, 5) is 11.9. The number of nitrogens with two attached hydrogens (primary N) is 1. The number of carbonyl (C=O) groups is 1. The van der Waals surface area contributed by atoms with Crippen LogP contribution in [0.2, 0.25) is 0 Å². The van der Waals surface area contributed by atoms with E-state index in [-0.39, 0.29) is 12.2 Å². The van der Waals surface area contributed by atoms with Crippen LogP contribution in [0.5, 0.6) is 5.75 Å². The zero-order valence-corrected chi connectivity index (χ0v) is 19.6. The van der Waals surface area contributed by atoms with Gasteiger partial charge in [-0.25, -0.2) is 4.79 Å². The first-order chi connectivity index (χ1) is 16.5. The smallest absolute Gasteiger partial charge is 0.411 e. The van der Waals surface area contributed by atoms with Crippen molar-refractivity contribution in [3.8, 4) is 17.0 Å². The van der Waals surface area contributed by atoms with E-state index in [1.54, 1.807) is 0 Å². The van der Waals surface area contributed by atoms with Gasteiger partial charge in [-0.2, -0.15) is 0 Å². The van der Waals surface area contributed by atoms with Crippen molar-refractivity contribution in [1.29, 1.82) is 0 Å². The SMILES string of the molecule is CC(C)OC(=O)Nc1ccc(-c2c(N)c3cc(OCC4COCO4)ccc3n2C2CCC2)cc1. The lowest BCUT2D eigenvalue weighted by molar-refractivity contribution is 0.0320. The van der Waals surface area contributed by atoms with Crippen LogP contribution in [0.4, 0.5) is 16.2 Å². The first-order valence-corrected chi connectivity index (χ1v) is 11.8. The molecule has 0 radical (unpaired) electrons. The summed E-state index contributed by atoms with van der Waals surface area (Å²) in [6, 6.07) is 14.2. The van der Waals surface area contributed by atoms with Crippen LogP contribution in [0, 0.1) is 0 Å². The van der Waals surface area contributed by atoms with Gasteiger partial charge in [-0.15, -0.1) is 0 Å². The molecule has 2 aliphatic rings. The zero-order valence-electron chi connectivity index (χ0n) is 19.6. The highest BCUT2D eigenvalue weighted by molar-refractivity contribution is 6.02. The van der Waals surface area contributed by atoms with Crippen LogP contribution >= 0.6 is 0 Å². The van der Waals surface area contributed by atoms with E-state index in [9.17, 15) is 4.79 Å². The number of aromatic nitrogens is 1. The third kappa shape index (κ3) is 4.56. The van der Waals surface area contributed by atoms with E-state index in [2.05, 4.69) is 16.0 Å². The number of nitrogens with one attached hydrogen (secondary N) is 1. The molecule has 3 aromatic rings. The van der Waals surface area contributed by atoms with Gasteiger partial charge in [0.2, 0.25) is 0 Å². The van der Waals surface area contributed by atoms with Crippen LogP contribution in [-0.4, -0.2) is 42.9 Å². The van der Waals surface area contributed by atoms with Crippen LogP contribution in [0.25, 0.3) is 22.2 Å². The molecular weight excluding hydrogens is 434 g/mol. The van der Waals surface area contributed by atoms with Gasteiger partial charge in [-0.05, 0) is 63.4 Å². The standard InChI is InChI=1S/C26H31N3O5/c1-16(2)34-26(30)28-18-8-6-17(7-9-18)25-24(27)22-12-20(32-14-21-13-31-15-33-21)10-11-23(22)29(25)19-4-3-5-19/h6-12,16,19,21H,3-5,13-15,27H2,1-2H3,(H,28,30). The van der Waals surface area contributed by atoms with Gasteiger partial charge in [0, 0.05) is 22.7 Å². The maximum absolute atomic E-state index is 11.9. The highest BCUT2D eigenvalue weighted by Gasteiger charge is 2.27. The van der Waals surface area contributed by atoms with Gasteiger partial charge in [0.05, 0.1) is 29.6 Å². The average molecular weight is 466 g/mol. The minimum atomic E-state index is -0.465. The molecule has 2 heterocycles. The maximum Gasteiger partial charge on any atom is 0.411 e. The summed E-state index contributed by atoms with van der Waals surface area (Å²) in [5.41, 5.74) is 11.2. The van der Waals surface area contributed by atoms with E-state index in [1.807, 2.05) is 50.2 Å². The van der Waals surface area contributed by atoms with E-state index in [4.69, 9.17) is 24.7 Å². The predicted octanol–water partition coefficient (Wildman–Crippen LogP) is 5.32. The van der Waals surface area contributed by atoms with Gasteiger partial charge in [-0.3, -0.25) is 5.32 Å². The van der Waals surface area contributed by atoms with Crippen LogP contribution in [0.1, 0.15) is 39.2 Å². The van der Waals surface area contributed by atoms with Crippen molar-refractivity contribution in [3.63, 3.8) is 0 Å². The Balaban J connectivity index is 1.44. The lowest BCUT2D eigenvalue weighted by Gasteiger charge is -2.30. The topological polar surface area (TPSA) is 97.0 Å². The summed E-state index contributed by atoms with van der Waals surface area (Å²) in [6.45, 7) is 4.94. The molecule has 180 valence electrons. The summed E-state index contributed by atoms with van der Waals surface area (Å²) >= 11 is 0. The Bertz CT molecular complexity index is 1160. The summed E-state index contributed by atoms with van der Waals surface area (Å²) in [5.74, 6) is 0.759. The van der Waals surface area contributed by atoms with E-state index in [0.29, 0.717) is 31.7 Å². The molecule has 34 heavy (non-hydrogen) atoms. The molecule has 0 bridgehead atoms. The third-order valence-electron chi connectivity index (χ3n) is 6.33. The average Bonchev–Trinajstić information content (AvgIpc) is 3.38. The number of nitrogen functional groups attached to an aromatic ring is 1. The molecule has 8 heteroatoms. The Morgan fingerprint density at radius 1 is 1.21 bits per heavy atom. The molecule has 1 amide bonds. The number of hydrogen-bond acceptors (Lipinski definition) is 6. The van der Waals surface area contributed by atoms with E-state index < -0.39 is 6.09 Å². The fraction of sp³-hybridized carbons (Fsp3) is 0.423. The highest BCUT2D eigenvalue weighted by Crippen LogP contribution is 2.45. The molecule has 3 N–H and O–H groups in total. The monoisotopic (exact) mass is 465 g/mol. The van der Waals surface area contributed by atoms with Crippen molar-refractivity contribution >= 4 is 28.4 Å². The van der Waals surface area contributed by atoms with E-state index in [1.165, 1.54) is 6.42 Å². The Labute approximate surface area is 198 Å². The van der Waals surface area contributed by atoms with Crippen molar-refractivity contribution in [2.45, 2.75) is 51.4 Å². The maximum atomic E-state index is 11.9. The minimum absolute atomic E-state index is 0.0480.